The predicted octanol–water partition coefficient (Wildman–Crippen LogP) is 1.65. The average molecular weight is 205 g/mol. The van der Waals surface area contributed by atoms with E-state index in [2.05, 4.69) is 72.0 Å². The highest BCUT2D eigenvalue weighted by atomic mass is 14.9. The lowest BCUT2D eigenvalue weighted by Crippen LogP contribution is -2.29. The highest BCUT2D eigenvalue weighted by molar-refractivity contribution is 6.32. The van der Waals surface area contributed by atoms with Crippen LogP contribution < -0.4 is 10.8 Å². The van der Waals surface area contributed by atoms with E-state index in [4.69, 9.17) is 0 Å². The second kappa shape index (κ2) is 7.53. The lowest BCUT2D eigenvalue weighted by molar-refractivity contribution is 0.518. The van der Waals surface area contributed by atoms with Crippen molar-refractivity contribution < 1.29 is 0 Å². The first kappa shape index (κ1) is 14.2. The molecule has 1 rings (SSSR count). The molecule has 0 unspecified atom stereocenters. The number of benzene rings is 1. The second-order valence-electron chi connectivity index (χ2n) is 4.63. The molecular weight excluding hydrogens is 181 g/mol. The van der Waals surface area contributed by atoms with Gasteiger partial charge in [-0.2, -0.15) is 0 Å². The molecule has 0 aliphatic carbocycles. The highest BCUT2D eigenvalue weighted by Crippen LogP contribution is 1.89. The number of hydrogen-bond acceptors (Lipinski definition) is 1. The lowest BCUT2D eigenvalue weighted by atomic mass is 9.95. The average Bonchev–Trinajstić information content (AvgIpc) is 2.01. The van der Waals surface area contributed by atoms with E-state index in [0.717, 1.165) is 0 Å². The third kappa shape index (κ3) is 9.55. The Bertz CT molecular complexity index is 246. The summed E-state index contributed by atoms with van der Waals surface area (Å²) in [5.74, 6) is 0. The molecule has 0 fully saturated rings. The molecule has 0 bridgehead atoms. The van der Waals surface area contributed by atoms with E-state index >= 15 is 0 Å². The Balaban J connectivity index is 0.000000265. The topological polar surface area (TPSA) is 12.0 Å². The van der Waals surface area contributed by atoms with E-state index in [1.54, 1.807) is 0 Å². The molecule has 1 aromatic carbocycles. The summed E-state index contributed by atoms with van der Waals surface area (Å²) >= 11 is 0. The molecule has 1 nitrogen and oxygen atoms in total. The van der Waals surface area contributed by atoms with Crippen LogP contribution in [0.3, 0.4) is 0 Å². The summed E-state index contributed by atoms with van der Waals surface area (Å²) in [7, 11) is 2.10. The molecule has 1 N–H and O–H groups in total. The van der Waals surface area contributed by atoms with Crippen molar-refractivity contribution in [2.24, 2.45) is 0 Å². The van der Waals surface area contributed by atoms with Gasteiger partial charge in [0.25, 0.3) is 0 Å². The Morgan fingerprint density at radius 2 is 1.60 bits per heavy atom. The van der Waals surface area contributed by atoms with Crippen molar-refractivity contribution in [3.8, 4) is 0 Å². The minimum absolute atomic E-state index is 0.625. The van der Waals surface area contributed by atoms with Crippen molar-refractivity contribution in [2.45, 2.75) is 46.7 Å². The summed E-state index contributed by atoms with van der Waals surface area (Å²) in [4.78, 5) is 0. The van der Waals surface area contributed by atoms with Gasteiger partial charge in [0.15, 0.2) is 0 Å². The van der Waals surface area contributed by atoms with Crippen LogP contribution in [0.4, 0.5) is 0 Å². The first-order valence-electron chi connectivity index (χ1n) is 5.71. The van der Waals surface area contributed by atoms with Crippen molar-refractivity contribution in [3.05, 3.63) is 29.8 Å². The molecule has 15 heavy (non-hydrogen) atoms. The zero-order valence-electron chi connectivity index (χ0n) is 11.0. The fourth-order valence-electron chi connectivity index (χ4n) is 1.47. The molecule has 0 saturated heterocycles. The summed E-state index contributed by atoms with van der Waals surface area (Å²) in [6, 6.07) is 9.70. The second-order valence-corrected chi connectivity index (χ2v) is 4.63. The van der Waals surface area contributed by atoms with Crippen LogP contribution in [0.15, 0.2) is 24.3 Å². The summed E-state index contributed by atoms with van der Waals surface area (Å²) < 4.78 is 0. The van der Waals surface area contributed by atoms with Crippen molar-refractivity contribution in [1.82, 2.24) is 5.32 Å². The van der Waals surface area contributed by atoms with Crippen LogP contribution in [-0.4, -0.2) is 19.9 Å². The minimum Gasteiger partial charge on any atom is -0.312 e. The largest absolute Gasteiger partial charge is 0.312 e. The number of nitrogens with one attached hydrogen (secondary N) is 1. The van der Waals surface area contributed by atoms with E-state index in [0.29, 0.717) is 12.1 Å². The number of aryl methyl sites for hydroxylation is 1. The van der Waals surface area contributed by atoms with E-state index in [1.807, 2.05) is 0 Å². The Morgan fingerprint density at radius 3 is 1.80 bits per heavy atom. The molecule has 0 aromatic heterocycles. The monoisotopic (exact) mass is 205 g/mol. The maximum absolute atomic E-state index is 3.31. The molecule has 0 aliphatic rings. The Morgan fingerprint density at radius 1 is 1.07 bits per heavy atom. The molecular formula is C13H24BN. The van der Waals surface area contributed by atoms with Gasteiger partial charge in [-0.1, -0.05) is 63.0 Å². The van der Waals surface area contributed by atoms with Crippen LogP contribution in [0.5, 0.6) is 0 Å². The van der Waals surface area contributed by atoms with Crippen molar-refractivity contribution in [3.63, 3.8) is 0 Å². The maximum atomic E-state index is 3.31. The molecule has 1 aromatic rings. The van der Waals surface area contributed by atoms with Crippen molar-refractivity contribution in [2.75, 3.05) is 0 Å². The summed E-state index contributed by atoms with van der Waals surface area (Å²) in [5, 5.41) is 3.31. The van der Waals surface area contributed by atoms with Crippen molar-refractivity contribution in [1.29, 1.82) is 0 Å². The molecule has 0 radical (unpaired) electrons. The Labute approximate surface area is 95.7 Å². The normalized spacial score (nSPS) is 10.1. The maximum Gasteiger partial charge on any atom is 0.139 e. The van der Waals surface area contributed by atoms with Gasteiger partial charge in [0.1, 0.15) is 7.85 Å². The smallest absolute Gasteiger partial charge is 0.139 e. The third-order valence-electron chi connectivity index (χ3n) is 1.84. The SMILES string of the molecule is Bc1cccc(C)c1.CC(C)NC(C)C. The van der Waals surface area contributed by atoms with Gasteiger partial charge in [0, 0.05) is 12.1 Å². The third-order valence-corrected chi connectivity index (χ3v) is 1.84. The molecule has 0 heterocycles. The Kier molecular flexibility index (Phi) is 7.15. The van der Waals surface area contributed by atoms with Gasteiger partial charge < -0.3 is 5.32 Å². The number of rotatable bonds is 2. The molecule has 84 valence electrons. The standard InChI is InChI=1S/C7H9B.C6H15N/c1-6-3-2-4-7(8)5-6;1-5(2)7-6(3)4/h2-5H,8H2,1H3;5-7H,1-4H3. The number of hydrogen-bond donors (Lipinski definition) is 1. The first-order chi connectivity index (χ1) is 6.91. The van der Waals surface area contributed by atoms with Gasteiger partial charge in [-0.25, -0.2) is 0 Å². The van der Waals surface area contributed by atoms with Gasteiger partial charge in [-0.15, -0.1) is 0 Å². The van der Waals surface area contributed by atoms with Crippen LogP contribution in [0.2, 0.25) is 0 Å². The zero-order chi connectivity index (χ0) is 11.8. The van der Waals surface area contributed by atoms with Gasteiger partial charge in [0.05, 0.1) is 0 Å². The minimum atomic E-state index is 0.625. The summed E-state index contributed by atoms with van der Waals surface area (Å²) in [5.41, 5.74) is 2.68. The van der Waals surface area contributed by atoms with Gasteiger partial charge >= 0.3 is 0 Å². The molecule has 0 saturated carbocycles. The van der Waals surface area contributed by atoms with E-state index in [-0.39, 0.29) is 0 Å². The molecule has 0 spiro atoms. The van der Waals surface area contributed by atoms with Crippen LogP contribution in [0, 0.1) is 6.92 Å². The fraction of sp³-hybridized carbons (Fsp3) is 0.538. The van der Waals surface area contributed by atoms with Crippen LogP contribution in [0.25, 0.3) is 0 Å². The predicted molar refractivity (Wildman–Crippen MR) is 72.8 cm³/mol. The first-order valence-corrected chi connectivity index (χ1v) is 5.71. The summed E-state index contributed by atoms with van der Waals surface area (Å²) in [6.45, 7) is 10.7. The van der Waals surface area contributed by atoms with E-state index < -0.39 is 0 Å². The van der Waals surface area contributed by atoms with E-state index in [9.17, 15) is 0 Å². The highest BCUT2D eigenvalue weighted by Gasteiger charge is 1.92. The van der Waals surface area contributed by atoms with Gasteiger partial charge in [-0.3, -0.25) is 0 Å². The Hall–Kier alpha value is -0.755. The molecule has 0 atom stereocenters. The van der Waals surface area contributed by atoms with Crippen LogP contribution >= 0.6 is 0 Å². The van der Waals surface area contributed by atoms with Gasteiger partial charge in [0.2, 0.25) is 0 Å². The van der Waals surface area contributed by atoms with Gasteiger partial charge in [-0.05, 0) is 6.92 Å². The summed E-state index contributed by atoms with van der Waals surface area (Å²) in [6.07, 6.45) is 0. The fourth-order valence-corrected chi connectivity index (χ4v) is 1.47. The quantitative estimate of drug-likeness (QED) is 0.724. The lowest BCUT2D eigenvalue weighted by Gasteiger charge is -2.10. The molecule has 2 heteroatoms. The van der Waals surface area contributed by atoms with Crippen LogP contribution in [-0.2, 0) is 0 Å². The van der Waals surface area contributed by atoms with E-state index in [1.165, 1.54) is 11.0 Å². The zero-order valence-corrected chi connectivity index (χ0v) is 11.0. The molecule has 0 aliphatic heterocycles. The van der Waals surface area contributed by atoms with Crippen LogP contribution in [0.1, 0.15) is 33.3 Å². The molecule has 0 amide bonds. The van der Waals surface area contributed by atoms with Crippen molar-refractivity contribution >= 4 is 13.3 Å².